The van der Waals surface area contributed by atoms with Crippen molar-refractivity contribution in [1.29, 1.82) is 0 Å². The van der Waals surface area contributed by atoms with E-state index in [1.807, 2.05) is 0 Å². The Bertz CT molecular complexity index is 119. The molecular weight excluding hydrogens is 114 g/mol. The van der Waals surface area contributed by atoms with Crippen LogP contribution in [-0.2, 0) is 0 Å². The molecule has 1 aliphatic heterocycles. The summed E-state index contributed by atoms with van der Waals surface area (Å²) in [5.74, 6) is 5.13. The van der Waals surface area contributed by atoms with Gasteiger partial charge in [-0.05, 0) is 26.4 Å². The van der Waals surface area contributed by atoms with Crippen LogP contribution in [0.3, 0.4) is 0 Å². The van der Waals surface area contributed by atoms with E-state index in [9.17, 15) is 0 Å². The predicted molar refractivity (Wildman–Crippen MR) is 38.4 cm³/mol. The zero-order valence-electron chi connectivity index (χ0n) is 5.80. The van der Waals surface area contributed by atoms with Crippen LogP contribution in [0, 0.1) is 0 Å². The molecule has 9 heavy (non-hydrogen) atoms. The van der Waals surface area contributed by atoms with Gasteiger partial charge in [-0.3, -0.25) is 0 Å². The SMILES string of the molecule is CN1CCCC(=NN)C1. The van der Waals surface area contributed by atoms with Gasteiger partial charge in [0.25, 0.3) is 0 Å². The van der Waals surface area contributed by atoms with Gasteiger partial charge in [0.1, 0.15) is 0 Å². The molecule has 0 amide bonds. The number of rotatable bonds is 0. The van der Waals surface area contributed by atoms with Gasteiger partial charge in [0.15, 0.2) is 0 Å². The lowest BCUT2D eigenvalue weighted by atomic mass is 10.1. The number of nitrogens with two attached hydrogens (primary N) is 1. The van der Waals surface area contributed by atoms with Crippen molar-refractivity contribution in [3.63, 3.8) is 0 Å². The third-order valence-electron chi connectivity index (χ3n) is 1.64. The zero-order valence-corrected chi connectivity index (χ0v) is 5.80. The van der Waals surface area contributed by atoms with E-state index in [1.54, 1.807) is 0 Å². The topological polar surface area (TPSA) is 41.6 Å². The molecule has 52 valence electrons. The van der Waals surface area contributed by atoms with Gasteiger partial charge in [-0.2, -0.15) is 5.10 Å². The van der Waals surface area contributed by atoms with Crippen molar-refractivity contribution < 1.29 is 0 Å². The Balaban J connectivity index is 2.41. The summed E-state index contributed by atoms with van der Waals surface area (Å²) >= 11 is 0. The van der Waals surface area contributed by atoms with Crippen molar-refractivity contribution in [2.45, 2.75) is 12.8 Å². The van der Waals surface area contributed by atoms with Crippen molar-refractivity contribution in [2.24, 2.45) is 10.9 Å². The van der Waals surface area contributed by atoms with Crippen LogP contribution in [0.5, 0.6) is 0 Å². The second-order valence-electron chi connectivity index (χ2n) is 2.54. The van der Waals surface area contributed by atoms with Gasteiger partial charge in [-0.25, -0.2) is 0 Å². The molecule has 0 aromatic carbocycles. The number of hydrazone groups is 1. The van der Waals surface area contributed by atoms with Crippen molar-refractivity contribution in [3.8, 4) is 0 Å². The highest BCUT2D eigenvalue weighted by atomic mass is 15.2. The molecule has 0 saturated carbocycles. The molecule has 0 radical (unpaired) electrons. The minimum atomic E-state index is 0.955. The average molecular weight is 127 g/mol. The standard InChI is InChI=1S/C6H13N3/c1-9-4-2-3-6(5-9)8-7/h2-5,7H2,1H3. The van der Waals surface area contributed by atoms with Crippen molar-refractivity contribution >= 4 is 5.71 Å². The molecule has 2 N–H and O–H groups in total. The molecule has 0 atom stereocenters. The van der Waals surface area contributed by atoms with E-state index in [1.165, 1.54) is 13.0 Å². The molecule has 1 fully saturated rings. The second kappa shape index (κ2) is 2.82. The van der Waals surface area contributed by atoms with E-state index in [0.717, 1.165) is 18.7 Å². The highest BCUT2D eigenvalue weighted by Crippen LogP contribution is 2.03. The first-order valence-corrected chi connectivity index (χ1v) is 3.27. The maximum Gasteiger partial charge on any atom is 0.0516 e. The fraction of sp³-hybridized carbons (Fsp3) is 0.833. The smallest absolute Gasteiger partial charge is 0.0516 e. The van der Waals surface area contributed by atoms with Crippen LogP contribution in [0.4, 0.5) is 0 Å². The number of nitrogens with zero attached hydrogens (tertiary/aromatic N) is 2. The number of likely N-dealkylation sites (tertiary alicyclic amines) is 1. The van der Waals surface area contributed by atoms with E-state index < -0.39 is 0 Å². The Hall–Kier alpha value is -0.570. The summed E-state index contributed by atoms with van der Waals surface area (Å²) < 4.78 is 0. The quantitative estimate of drug-likeness (QED) is 0.368. The number of hydrogen-bond acceptors (Lipinski definition) is 3. The van der Waals surface area contributed by atoms with Gasteiger partial charge in [0.2, 0.25) is 0 Å². The summed E-state index contributed by atoms with van der Waals surface area (Å²) in [4.78, 5) is 2.23. The summed E-state index contributed by atoms with van der Waals surface area (Å²) in [7, 11) is 2.09. The molecule has 0 aromatic rings. The second-order valence-corrected chi connectivity index (χ2v) is 2.54. The van der Waals surface area contributed by atoms with E-state index in [4.69, 9.17) is 5.84 Å². The third-order valence-corrected chi connectivity index (χ3v) is 1.64. The summed E-state index contributed by atoms with van der Waals surface area (Å²) in [6, 6.07) is 0. The highest BCUT2D eigenvalue weighted by molar-refractivity contribution is 5.86. The lowest BCUT2D eigenvalue weighted by Crippen LogP contribution is -2.32. The maximum atomic E-state index is 5.13. The molecule has 0 spiro atoms. The van der Waals surface area contributed by atoms with Crippen LogP contribution in [-0.4, -0.2) is 30.7 Å². The number of hydrogen-bond donors (Lipinski definition) is 1. The Labute approximate surface area is 55.5 Å². The Morgan fingerprint density at radius 2 is 2.44 bits per heavy atom. The minimum Gasteiger partial charge on any atom is -0.323 e. The summed E-state index contributed by atoms with van der Waals surface area (Å²) in [5, 5.41) is 3.67. The van der Waals surface area contributed by atoms with Crippen LogP contribution in [0.15, 0.2) is 5.10 Å². The highest BCUT2D eigenvalue weighted by Gasteiger charge is 2.10. The van der Waals surface area contributed by atoms with Crippen LogP contribution < -0.4 is 5.84 Å². The fourth-order valence-electron chi connectivity index (χ4n) is 1.13. The van der Waals surface area contributed by atoms with Gasteiger partial charge in [0, 0.05) is 6.54 Å². The Morgan fingerprint density at radius 3 is 2.89 bits per heavy atom. The molecule has 1 rings (SSSR count). The summed E-state index contributed by atoms with van der Waals surface area (Å²) in [6.07, 6.45) is 2.29. The first-order chi connectivity index (χ1) is 4.33. The van der Waals surface area contributed by atoms with E-state index in [0.29, 0.717) is 0 Å². The van der Waals surface area contributed by atoms with Crippen molar-refractivity contribution in [2.75, 3.05) is 20.1 Å². The van der Waals surface area contributed by atoms with Gasteiger partial charge in [-0.1, -0.05) is 0 Å². The van der Waals surface area contributed by atoms with E-state index in [-0.39, 0.29) is 0 Å². The lowest BCUT2D eigenvalue weighted by molar-refractivity contribution is 0.354. The van der Waals surface area contributed by atoms with E-state index >= 15 is 0 Å². The molecule has 1 aliphatic rings. The molecule has 3 nitrogen and oxygen atoms in total. The van der Waals surface area contributed by atoms with Crippen molar-refractivity contribution in [3.05, 3.63) is 0 Å². The molecule has 1 saturated heterocycles. The van der Waals surface area contributed by atoms with Gasteiger partial charge in [-0.15, -0.1) is 0 Å². The number of piperidine rings is 1. The molecule has 0 aromatic heterocycles. The molecule has 0 bridgehead atoms. The lowest BCUT2D eigenvalue weighted by Gasteiger charge is -2.22. The van der Waals surface area contributed by atoms with E-state index in [2.05, 4.69) is 17.0 Å². The Kier molecular flexibility index (Phi) is 2.05. The van der Waals surface area contributed by atoms with Crippen molar-refractivity contribution in [1.82, 2.24) is 4.90 Å². The van der Waals surface area contributed by atoms with Gasteiger partial charge in [0.05, 0.1) is 5.71 Å². The van der Waals surface area contributed by atoms with Gasteiger partial charge >= 0.3 is 0 Å². The summed E-state index contributed by atoms with van der Waals surface area (Å²) in [5.41, 5.74) is 1.13. The molecule has 3 heteroatoms. The maximum absolute atomic E-state index is 5.13. The molecular formula is C6H13N3. The summed E-state index contributed by atoms with van der Waals surface area (Å²) in [6.45, 7) is 2.13. The van der Waals surface area contributed by atoms with Crippen LogP contribution in [0.2, 0.25) is 0 Å². The zero-order chi connectivity index (χ0) is 6.69. The van der Waals surface area contributed by atoms with Crippen LogP contribution >= 0.6 is 0 Å². The third kappa shape index (κ3) is 1.68. The molecule has 0 unspecified atom stereocenters. The van der Waals surface area contributed by atoms with Crippen LogP contribution in [0.25, 0.3) is 0 Å². The Morgan fingerprint density at radius 1 is 1.67 bits per heavy atom. The molecule has 1 heterocycles. The first kappa shape index (κ1) is 6.55. The fourth-order valence-corrected chi connectivity index (χ4v) is 1.13. The average Bonchev–Trinajstić information content (AvgIpc) is 1.88. The van der Waals surface area contributed by atoms with Crippen LogP contribution in [0.1, 0.15) is 12.8 Å². The first-order valence-electron chi connectivity index (χ1n) is 3.27. The predicted octanol–water partition coefficient (Wildman–Crippen LogP) is 0.0267. The molecule has 0 aliphatic carbocycles. The van der Waals surface area contributed by atoms with Gasteiger partial charge < -0.3 is 10.7 Å². The normalized spacial score (nSPS) is 27.0. The monoisotopic (exact) mass is 127 g/mol. The minimum absolute atomic E-state index is 0.955. The largest absolute Gasteiger partial charge is 0.323 e.